The number of carbonyl (C=O) groups excluding carboxylic acids is 1. The molecule has 3 N–H and O–H groups in total. The molecule has 1 amide bonds. The van der Waals surface area contributed by atoms with Crippen LogP contribution in [0.2, 0.25) is 0 Å². The Hall–Kier alpha value is -1.55. The minimum absolute atomic E-state index is 0.110. The fraction of sp³-hybridized carbons (Fsp3) is 0.533. The third-order valence-corrected chi connectivity index (χ3v) is 3.65. The molecule has 1 fully saturated rings. The van der Waals surface area contributed by atoms with Crippen LogP contribution in [0, 0.1) is 12.8 Å². The Morgan fingerprint density at radius 1 is 1.47 bits per heavy atom. The molecule has 0 saturated heterocycles. The number of aryl methyl sites for hydroxylation is 1. The van der Waals surface area contributed by atoms with Crippen molar-refractivity contribution in [3.05, 3.63) is 23.8 Å². The monoisotopic (exact) mass is 262 g/mol. The molecule has 104 valence electrons. The smallest absolute Gasteiger partial charge is 0.250 e. The van der Waals surface area contributed by atoms with Crippen molar-refractivity contribution in [2.75, 3.05) is 24.3 Å². The number of carbonyl (C=O) groups is 1. The molecule has 1 aromatic carbocycles. The zero-order valence-electron chi connectivity index (χ0n) is 11.4. The van der Waals surface area contributed by atoms with E-state index in [1.807, 2.05) is 19.1 Å². The van der Waals surface area contributed by atoms with Gasteiger partial charge in [0.1, 0.15) is 6.61 Å². The summed E-state index contributed by atoms with van der Waals surface area (Å²) < 4.78 is 5.40. The van der Waals surface area contributed by atoms with Gasteiger partial charge in [0.05, 0.1) is 0 Å². The summed E-state index contributed by atoms with van der Waals surface area (Å²) in [6, 6.07) is 5.43. The summed E-state index contributed by atoms with van der Waals surface area (Å²) in [5.41, 5.74) is 8.12. The third kappa shape index (κ3) is 4.24. The van der Waals surface area contributed by atoms with Crippen LogP contribution in [0.1, 0.15) is 31.2 Å². The van der Waals surface area contributed by atoms with Crippen LogP contribution < -0.4 is 11.1 Å². The van der Waals surface area contributed by atoms with E-state index >= 15 is 0 Å². The minimum atomic E-state index is -0.110. The van der Waals surface area contributed by atoms with Crippen LogP contribution in [0.15, 0.2) is 18.2 Å². The van der Waals surface area contributed by atoms with Gasteiger partial charge >= 0.3 is 0 Å². The summed E-state index contributed by atoms with van der Waals surface area (Å²) in [6.45, 7) is 2.72. The first-order valence-corrected chi connectivity index (χ1v) is 6.89. The van der Waals surface area contributed by atoms with Gasteiger partial charge in [-0.15, -0.1) is 0 Å². The van der Waals surface area contributed by atoms with Gasteiger partial charge in [0, 0.05) is 18.0 Å². The molecule has 0 aromatic heterocycles. The van der Waals surface area contributed by atoms with Crippen molar-refractivity contribution < 1.29 is 9.53 Å². The number of amides is 1. The lowest BCUT2D eigenvalue weighted by molar-refractivity contribution is -0.120. The van der Waals surface area contributed by atoms with Gasteiger partial charge in [0.2, 0.25) is 5.91 Å². The van der Waals surface area contributed by atoms with E-state index in [4.69, 9.17) is 10.5 Å². The first-order valence-electron chi connectivity index (χ1n) is 6.89. The first kappa shape index (κ1) is 13.9. The number of anilines is 2. The van der Waals surface area contributed by atoms with E-state index in [2.05, 4.69) is 5.32 Å². The summed E-state index contributed by atoms with van der Waals surface area (Å²) in [6.07, 6.45) is 5.07. The number of nitrogen functional groups attached to an aromatic ring is 1. The molecule has 0 atom stereocenters. The lowest BCUT2D eigenvalue weighted by Crippen LogP contribution is -2.20. The highest BCUT2D eigenvalue weighted by atomic mass is 16.5. The van der Waals surface area contributed by atoms with E-state index < -0.39 is 0 Å². The standard InChI is InChI=1S/C15H22N2O2/c1-11-9-13(16)5-6-14(11)17-15(18)10-19-8-7-12-3-2-4-12/h5-6,9,12H,2-4,7-8,10,16H2,1H3,(H,17,18). The average Bonchev–Trinajstić information content (AvgIpc) is 2.30. The summed E-state index contributed by atoms with van der Waals surface area (Å²) in [5.74, 6) is 0.712. The number of ether oxygens (including phenoxy) is 1. The third-order valence-electron chi connectivity index (χ3n) is 3.65. The maximum atomic E-state index is 11.7. The fourth-order valence-corrected chi connectivity index (χ4v) is 2.21. The second kappa shape index (κ2) is 6.57. The number of rotatable bonds is 6. The Kier molecular flexibility index (Phi) is 4.80. The van der Waals surface area contributed by atoms with Gasteiger partial charge in [-0.05, 0) is 43.0 Å². The topological polar surface area (TPSA) is 64.3 Å². The first-order chi connectivity index (χ1) is 9.15. The van der Waals surface area contributed by atoms with E-state index in [0.29, 0.717) is 12.3 Å². The van der Waals surface area contributed by atoms with Crippen molar-refractivity contribution in [3.8, 4) is 0 Å². The molecule has 0 heterocycles. The predicted molar refractivity (Wildman–Crippen MR) is 77.0 cm³/mol. The van der Waals surface area contributed by atoms with E-state index in [1.165, 1.54) is 19.3 Å². The second-order valence-electron chi connectivity index (χ2n) is 5.26. The van der Waals surface area contributed by atoms with Gasteiger partial charge in [0.25, 0.3) is 0 Å². The molecule has 1 aromatic rings. The van der Waals surface area contributed by atoms with E-state index in [-0.39, 0.29) is 12.5 Å². The molecule has 4 heteroatoms. The molecule has 2 rings (SSSR count). The maximum Gasteiger partial charge on any atom is 0.250 e. The van der Waals surface area contributed by atoms with Gasteiger partial charge in [-0.25, -0.2) is 0 Å². The zero-order chi connectivity index (χ0) is 13.7. The quantitative estimate of drug-likeness (QED) is 0.612. The molecule has 1 aliphatic carbocycles. The van der Waals surface area contributed by atoms with Crippen molar-refractivity contribution in [1.29, 1.82) is 0 Å². The highest BCUT2D eigenvalue weighted by molar-refractivity contribution is 5.92. The van der Waals surface area contributed by atoms with E-state index in [1.54, 1.807) is 6.07 Å². The normalized spacial score (nSPS) is 15.0. The van der Waals surface area contributed by atoms with Crippen LogP contribution in [0.4, 0.5) is 11.4 Å². The van der Waals surface area contributed by atoms with Gasteiger partial charge in [-0.1, -0.05) is 19.3 Å². The highest BCUT2D eigenvalue weighted by Gasteiger charge is 2.16. The predicted octanol–water partition coefficient (Wildman–Crippen LogP) is 2.72. The van der Waals surface area contributed by atoms with Gasteiger partial charge in [-0.2, -0.15) is 0 Å². The Labute approximate surface area is 114 Å². The summed E-state index contributed by atoms with van der Waals surface area (Å²) in [4.78, 5) is 11.7. The Bertz CT molecular complexity index is 442. The largest absolute Gasteiger partial charge is 0.399 e. The highest BCUT2D eigenvalue weighted by Crippen LogP contribution is 2.29. The van der Waals surface area contributed by atoms with Crippen LogP contribution in [0.3, 0.4) is 0 Å². The molecule has 0 aliphatic heterocycles. The van der Waals surface area contributed by atoms with Crippen LogP contribution >= 0.6 is 0 Å². The number of hydrogen-bond acceptors (Lipinski definition) is 3. The van der Waals surface area contributed by atoms with Gasteiger partial charge < -0.3 is 15.8 Å². The average molecular weight is 262 g/mol. The van der Waals surface area contributed by atoms with Crippen LogP contribution in [-0.4, -0.2) is 19.1 Å². The summed E-state index contributed by atoms with van der Waals surface area (Å²) in [5, 5.41) is 2.83. The molecule has 4 nitrogen and oxygen atoms in total. The summed E-state index contributed by atoms with van der Waals surface area (Å²) >= 11 is 0. The van der Waals surface area contributed by atoms with E-state index in [9.17, 15) is 4.79 Å². The Morgan fingerprint density at radius 2 is 2.26 bits per heavy atom. The number of hydrogen-bond donors (Lipinski definition) is 2. The van der Waals surface area contributed by atoms with Crippen LogP contribution in [0.5, 0.6) is 0 Å². The molecule has 1 saturated carbocycles. The molecular weight excluding hydrogens is 240 g/mol. The number of nitrogens with two attached hydrogens (primary N) is 1. The van der Waals surface area contributed by atoms with Crippen molar-refractivity contribution in [2.45, 2.75) is 32.6 Å². The number of nitrogens with one attached hydrogen (secondary N) is 1. The molecule has 0 radical (unpaired) electrons. The van der Waals surface area contributed by atoms with Gasteiger partial charge in [0.15, 0.2) is 0 Å². The SMILES string of the molecule is Cc1cc(N)ccc1NC(=O)COCCC1CCC1. The second-order valence-corrected chi connectivity index (χ2v) is 5.26. The lowest BCUT2D eigenvalue weighted by atomic mass is 9.83. The lowest BCUT2D eigenvalue weighted by Gasteiger charge is -2.24. The van der Waals surface area contributed by atoms with Crippen molar-refractivity contribution in [2.24, 2.45) is 5.92 Å². The fourth-order valence-electron chi connectivity index (χ4n) is 2.21. The Balaban J connectivity index is 1.68. The van der Waals surface area contributed by atoms with Crippen LogP contribution in [0.25, 0.3) is 0 Å². The molecule has 1 aliphatic rings. The molecular formula is C15H22N2O2. The maximum absolute atomic E-state index is 11.7. The molecule has 0 bridgehead atoms. The Morgan fingerprint density at radius 3 is 2.89 bits per heavy atom. The van der Waals surface area contributed by atoms with Crippen molar-refractivity contribution in [1.82, 2.24) is 0 Å². The molecule has 0 unspecified atom stereocenters. The summed E-state index contributed by atoms with van der Waals surface area (Å²) in [7, 11) is 0. The molecule has 19 heavy (non-hydrogen) atoms. The number of benzene rings is 1. The van der Waals surface area contributed by atoms with Crippen molar-refractivity contribution in [3.63, 3.8) is 0 Å². The van der Waals surface area contributed by atoms with Crippen LogP contribution in [-0.2, 0) is 9.53 Å². The van der Waals surface area contributed by atoms with E-state index in [0.717, 1.165) is 23.6 Å². The van der Waals surface area contributed by atoms with Gasteiger partial charge in [-0.3, -0.25) is 4.79 Å². The zero-order valence-corrected chi connectivity index (χ0v) is 11.4. The minimum Gasteiger partial charge on any atom is -0.399 e. The molecule has 0 spiro atoms. The van der Waals surface area contributed by atoms with Crippen molar-refractivity contribution >= 4 is 17.3 Å².